The van der Waals surface area contributed by atoms with Gasteiger partial charge in [0.25, 0.3) is 0 Å². The summed E-state index contributed by atoms with van der Waals surface area (Å²) in [7, 11) is 0. The molecule has 3 rings (SSSR count). The number of aromatic nitrogens is 1. The molecular weight excluding hydrogens is 206 g/mol. The first-order valence-electron chi connectivity index (χ1n) is 6.38. The van der Waals surface area contributed by atoms with Crippen LogP contribution in [0, 0.1) is 24.2 Å². The van der Waals surface area contributed by atoms with Gasteiger partial charge in [0, 0.05) is 24.2 Å². The molecule has 0 saturated heterocycles. The Balaban J connectivity index is 1.86. The summed E-state index contributed by atoms with van der Waals surface area (Å²) in [4.78, 5) is 0. The third-order valence-electron chi connectivity index (χ3n) is 4.01. The van der Waals surface area contributed by atoms with Crippen LogP contribution in [0.1, 0.15) is 19.3 Å². The number of benzene rings is 1. The van der Waals surface area contributed by atoms with Gasteiger partial charge < -0.3 is 4.57 Å². The summed E-state index contributed by atoms with van der Waals surface area (Å²) in [5.41, 5.74) is 1.30. The number of para-hydroxylation sites is 1. The Morgan fingerprint density at radius 3 is 2.82 bits per heavy atom. The summed E-state index contributed by atoms with van der Waals surface area (Å²) in [6.45, 7) is 0.967. The Morgan fingerprint density at radius 1 is 1.29 bits per heavy atom. The van der Waals surface area contributed by atoms with Crippen molar-refractivity contribution in [3.05, 3.63) is 36.5 Å². The van der Waals surface area contributed by atoms with Gasteiger partial charge >= 0.3 is 0 Å². The fourth-order valence-corrected chi connectivity index (χ4v) is 2.69. The lowest BCUT2D eigenvalue weighted by Crippen LogP contribution is -2.24. The van der Waals surface area contributed by atoms with Crippen molar-refractivity contribution in [2.45, 2.75) is 25.8 Å². The van der Waals surface area contributed by atoms with Gasteiger partial charge in [-0.25, -0.2) is 0 Å². The van der Waals surface area contributed by atoms with E-state index in [9.17, 15) is 0 Å². The number of rotatable bonds is 3. The van der Waals surface area contributed by atoms with Gasteiger partial charge in [0.2, 0.25) is 0 Å². The first kappa shape index (κ1) is 10.5. The van der Waals surface area contributed by atoms with Crippen molar-refractivity contribution in [3.8, 4) is 12.3 Å². The Morgan fingerprint density at radius 2 is 2.12 bits per heavy atom. The largest absolute Gasteiger partial charge is 0.346 e. The van der Waals surface area contributed by atoms with Crippen LogP contribution in [-0.4, -0.2) is 4.57 Å². The second kappa shape index (κ2) is 4.30. The maximum atomic E-state index is 5.68. The average Bonchev–Trinajstić information content (AvgIpc) is 2.69. The van der Waals surface area contributed by atoms with Crippen LogP contribution in [0.2, 0.25) is 0 Å². The number of hydrogen-bond donors (Lipinski definition) is 0. The molecule has 0 spiro atoms. The summed E-state index contributed by atoms with van der Waals surface area (Å²) in [6, 6.07) is 10.7. The molecule has 0 bridgehead atoms. The highest BCUT2D eigenvalue weighted by Gasteiger charge is 2.26. The lowest BCUT2D eigenvalue weighted by molar-refractivity contribution is 0.232. The van der Waals surface area contributed by atoms with Crippen molar-refractivity contribution in [1.29, 1.82) is 0 Å². The average molecular weight is 223 g/mol. The first-order chi connectivity index (χ1) is 8.38. The highest BCUT2D eigenvalue weighted by Crippen LogP contribution is 2.34. The number of nitrogens with zero attached hydrogens (tertiary/aromatic N) is 1. The van der Waals surface area contributed by atoms with E-state index in [1.54, 1.807) is 0 Å². The zero-order chi connectivity index (χ0) is 11.7. The molecule has 1 atom stereocenters. The third-order valence-corrected chi connectivity index (χ3v) is 4.01. The highest BCUT2D eigenvalue weighted by molar-refractivity contribution is 5.79. The molecule has 1 saturated carbocycles. The molecule has 2 aromatic rings. The van der Waals surface area contributed by atoms with Crippen LogP contribution in [0.3, 0.4) is 0 Å². The van der Waals surface area contributed by atoms with Crippen LogP contribution in [0.5, 0.6) is 0 Å². The van der Waals surface area contributed by atoms with Crippen molar-refractivity contribution in [1.82, 2.24) is 4.57 Å². The maximum Gasteiger partial charge on any atom is 0.0480 e. The van der Waals surface area contributed by atoms with Crippen molar-refractivity contribution in [2.75, 3.05) is 0 Å². The van der Waals surface area contributed by atoms with E-state index >= 15 is 0 Å². The molecular formula is C16H17N. The van der Waals surface area contributed by atoms with Crippen LogP contribution in [-0.2, 0) is 6.54 Å². The molecule has 1 aliphatic carbocycles. The van der Waals surface area contributed by atoms with E-state index in [1.165, 1.54) is 30.2 Å². The Kier molecular flexibility index (Phi) is 2.65. The van der Waals surface area contributed by atoms with Crippen LogP contribution < -0.4 is 0 Å². The minimum atomic E-state index is 0.402. The van der Waals surface area contributed by atoms with E-state index in [0.29, 0.717) is 5.92 Å². The first-order valence-corrected chi connectivity index (χ1v) is 6.38. The monoisotopic (exact) mass is 223 g/mol. The molecule has 1 aliphatic rings. The molecule has 1 heteroatoms. The van der Waals surface area contributed by atoms with Crippen LogP contribution in [0.25, 0.3) is 10.9 Å². The molecule has 17 heavy (non-hydrogen) atoms. The molecule has 1 aromatic heterocycles. The second-order valence-corrected chi connectivity index (χ2v) is 4.99. The zero-order valence-electron chi connectivity index (χ0n) is 9.97. The summed E-state index contributed by atoms with van der Waals surface area (Å²) in [6.07, 6.45) is 11.8. The predicted octanol–water partition coefficient (Wildman–Crippen LogP) is 3.69. The quantitative estimate of drug-likeness (QED) is 0.699. The van der Waals surface area contributed by atoms with Crippen LogP contribution in [0.4, 0.5) is 0 Å². The van der Waals surface area contributed by atoms with Crippen molar-refractivity contribution in [3.63, 3.8) is 0 Å². The van der Waals surface area contributed by atoms with Gasteiger partial charge in [0.1, 0.15) is 0 Å². The zero-order valence-corrected chi connectivity index (χ0v) is 9.97. The standard InChI is InChI=1S/C16H17N/c1-2-13(14-7-5-8-14)12-17-11-10-15-6-3-4-9-16(15)17/h1,3-4,6,9-11,13-14H,5,7-8,12H2. The lowest BCUT2D eigenvalue weighted by atomic mass is 9.76. The number of hydrogen-bond acceptors (Lipinski definition) is 0. The second-order valence-electron chi connectivity index (χ2n) is 4.99. The molecule has 86 valence electrons. The van der Waals surface area contributed by atoms with Crippen molar-refractivity contribution >= 4 is 10.9 Å². The van der Waals surface area contributed by atoms with Gasteiger partial charge in [0.15, 0.2) is 0 Å². The Labute approximate surface area is 102 Å². The molecule has 1 nitrogen and oxygen atoms in total. The molecule has 1 fully saturated rings. The van der Waals surface area contributed by atoms with E-state index in [4.69, 9.17) is 6.42 Å². The highest BCUT2D eigenvalue weighted by atomic mass is 15.0. The predicted molar refractivity (Wildman–Crippen MR) is 71.6 cm³/mol. The van der Waals surface area contributed by atoms with Gasteiger partial charge in [0.05, 0.1) is 0 Å². The molecule has 0 aliphatic heterocycles. The topological polar surface area (TPSA) is 4.93 Å². The van der Waals surface area contributed by atoms with Crippen LogP contribution in [0.15, 0.2) is 36.5 Å². The summed E-state index contributed by atoms with van der Waals surface area (Å²) in [5, 5.41) is 1.30. The smallest absolute Gasteiger partial charge is 0.0480 e. The summed E-state index contributed by atoms with van der Waals surface area (Å²) in [5.74, 6) is 4.14. The third kappa shape index (κ3) is 1.85. The van der Waals surface area contributed by atoms with Gasteiger partial charge in [-0.2, -0.15) is 0 Å². The van der Waals surface area contributed by atoms with E-state index in [-0.39, 0.29) is 0 Å². The van der Waals surface area contributed by atoms with Crippen LogP contribution >= 0.6 is 0 Å². The van der Waals surface area contributed by atoms with Crippen molar-refractivity contribution < 1.29 is 0 Å². The Hall–Kier alpha value is -1.68. The van der Waals surface area contributed by atoms with Gasteiger partial charge in [-0.15, -0.1) is 12.3 Å². The van der Waals surface area contributed by atoms with E-state index in [2.05, 4.69) is 47.0 Å². The molecule has 0 radical (unpaired) electrons. The number of terminal acetylenes is 1. The van der Waals surface area contributed by atoms with Gasteiger partial charge in [-0.3, -0.25) is 0 Å². The lowest BCUT2D eigenvalue weighted by Gasteiger charge is -2.31. The molecule has 0 amide bonds. The molecule has 1 heterocycles. The molecule has 1 aromatic carbocycles. The minimum absolute atomic E-state index is 0.402. The summed E-state index contributed by atoms with van der Waals surface area (Å²) >= 11 is 0. The van der Waals surface area contributed by atoms with Gasteiger partial charge in [-0.1, -0.05) is 24.6 Å². The molecule has 1 unspecified atom stereocenters. The van der Waals surface area contributed by atoms with Gasteiger partial charge in [-0.05, 0) is 36.3 Å². The van der Waals surface area contributed by atoms with Crippen molar-refractivity contribution in [2.24, 2.45) is 11.8 Å². The number of fused-ring (bicyclic) bond motifs is 1. The summed E-state index contributed by atoms with van der Waals surface area (Å²) < 4.78 is 2.30. The molecule has 0 N–H and O–H groups in total. The Bertz CT molecular complexity index is 554. The maximum absolute atomic E-state index is 5.68. The minimum Gasteiger partial charge on any atom is -0.346 e. The fourth-order valence-electron chi connectivity index (χ4n) is 2.69. The van der Waals surface area contributed by atoms with E-state index in [1.807, 2.05) is 0 Å². The fraction of sp³-hybridized carbons (Fsp3) is 0.375. The normalized spacial score (nSPS) is 17.6. The SMILES string of the molecule is C#CC(Cn1ccc2ccccc21)C1CCC1. The van der Waals surface area contributed by atoms with E-state index in [0.717, 1.165) is 12.5 Å². The van der Waals surface area contributed by atoms with E-state index < -0.39 is 0 Å².